The van der Waals surface area contributed by atoms with Gasteiger partial charge in [-0.2, -0.15) is 0 Å². The van der Waals surface area contributed by atoms with Crippen molar-refractivity contribution in [2.24, 2.45) is 4.99 Å². The molecule has 0 rings (SSSR count). The van der Waals surface area contributed by atoms with Crippen molar-refractivity contribution >= 4 is 58.7 Å². The molecule has 0 heterocycles. The molecule has 1 amide bonds. The summed E-state index contributed by atoms with van der Waals surface area (Å²) < 4.78 is 0. The third kappa shape index (κ3) is 47.6. The molecule has 59 heavy (non-hydrogen) atoms. The molecule has 336 valence electrons. The van der Waals surface area contributed by atoms with E-state index >= 15 is 0 Å². The number of carboxylic acids is 4. The fraction of sp³-hybridized carbons (Fsp3) is 0.783. The van der Waals surface area contributed by atoms with Gasteiger partial charge in [0, 0.05) is 18.8 Å². The van der Waals surface area contributed by atoms with Gasteiger partial charge in [-0.25, -0.2) is 9.59 Å². The topological polar surface area (TPSA) is 217 Å². The van der Waals surface area contributed by atoms with Crippen molar-refractivity contribution in [1.82, 2.24) is 5.32 Å². The zero-order valence-corrected chi connectivity index (χ0v) is 38.4. The van der Waals surface area contributed by atoms with Crippen LogP contribution in [-0.2, 0) is 24.0 Å². The Hall–Kier alpha value is -2.93. The van der Waals surface area contributed by atoms with E-state index < -0.39 is 48.3 Å². The second-order valence-corrected chi connectivity index (χ2v) is 15.3. The first-order chi connectivity index (χ1) is 27.9. The van der Waals surface area contributed by atoms with E-state index in [0.29, 0.717) is 6.42 Å². The number of rotatable bonds is 40. The van der Waals surface area contributed by atoms with Gasteiger partial charge >= 0.3 is 41.0 Å². The summed E-state index contributed by atoms with van der Waals surface area (Å²) >= 11 is 0. The number of unbranched alkanes of at least 4 members (excludes halogenated alkanes) is 22. The molecule has 0 aliphatic carbocycles. The van der Waals surface area contributed by atoms with Gasteiger partial charge < -0.3 is 35.6 Å². The average Bonchev–Trinajstić information content (AvgIpc) is 3.17. The summed E-state index contributed by atoms with van der Waals surface area (Å²) in [6.07, 6.45) is 39.2. The molecule has 13 heteroatoms. The molecule has 2 unspecified atom stereocenters. The predicted octanol–water partition coefficient (Wildman–Crippen LogP) is 8.84. The number of hydrogen-bond donors (Lipinski definition) is 4. The number of carboxylic acid groups (broad SMARTS) is 4. The molecule has 0 fully saturated rings. The van der Waals surface area contributed by atoms with Gasteiger partial charge in [-0.3, -0.25) is 14.6 Å². The van der Waals surface area contributed by atoms with Crippen LogP contribution in [-0.4, -0.2) is 86.1 Å². The van der Waals surface area contributed by atoms with E-state index in [1.165, 1.54) is 89.9 Å². The standard InChI is InChI=1S/2C23H41NO5.Mg/c2*1-2-3-4-5-6-7-8-9-10-11-12-13-14-15-16-17-21(25)24-20(23(28)29)18-19-22(26)27;/h2*9-10,20H,2-8,11-19H2,1H3,(H,24,25)(H,26,27)(H,28,29);/q;;+2/p-2. The van der Waals surface area contributed by atoms with E-state index in [4.69, 9.17) is 15.3 Å². The van der Waals surface area contributed by atoms with E-state index in [9.17, 15) is 34.2 Å². The molecule has 4 N–H and O–H groups in total. The van der Waals surface area contributed by atoms with Gasteiger partial charge in [0.1, 0.15) is 12.1 Å². The molecular formula is C46H80MgN2O10. The molecule has 0 aliphatic rings. The fourth-order valence-corrected chi connectivity index (χ4v) is 6.23. The van der Waals surface area contributed by atoms with E-state index in [1.807, 2.05) is 0 Å². The van der Waals surface area contributed by atoms with E-state index in [0.717, 1.165) is 70.6 Å². The van der Waals surface area contributed by atoms with E-state index in [1.54, 1.807) is 0 Å². The number of allylic oxidation sites excluding steroid dienone is 4. The van der Waals surface area contributed by atoms with Crippen LogP contribution >= 0.6 is 0 Å². The minimum atomic E-state index is -1.34. The normalized spacial score (nSPS) is 12.4. The van der Waals surface area contributed by atoms with Crippen molar-refractivity contribution in [3.8, 4) is 0 Å². The van der Waals surface area contributed by atoms with Crippen molar-refractivity contribution in [3.05, 3.63) is 24.3 Å². The maximum atomic E-state index is 11.8. The zero-order valence-electron chi connectivity index (χ0n) is 36.9. The van der Waals surface area contributed by atoms with Crippen LogP contribution in [0.1, 0.15) is 219 Å². The number of carbonyl (C=O) groups is 5. The average molecular weight is 845 g/mol. The van der Waals surface area contributed by atoms with Crippen molar-refractivity contribution in [2.75, 3.05) is 0 Å². The minimum Gasteiger partial charge on any atom is -0.862 e. The van der Waals surface area contributed by atoms with Crippen LogP contribution in [0.3, 0.4) is 0 Å². The first-order valence-corrected chi connectivity index (χ1v) is 22.6. The van der Waals surface area contributed by atoms with Crippen molar-refractivity contribution in [1.29, 1.82) is 0 Å². The molecular weight excluding hydrogens is 765 g/mol. The van der Waals surface area contributed by atoms with Crippen molar-refractivity contribution in [3.63, 3.8) is 0 Å². The third-order valence-electron chi connectivity index (χ3n) is 9.81. The molecule has 0 aromatic rings. The van der Waals surface area contributed by atoms with Crippen LogP contribution in [0.5, 0.6) is 0 Å². The molecule has 2 atom stereocenters. The van der Waals surface area contributed by atoms with E-state index in [-0.39, 0.29) is 61.1 Å². The van der Waals surface area contributed by atoms with E-state index in [2.05, 4.69) is 48.5 Å². The second-order valence-electron chi connectivity index (χ2n) is 15.3. The number of aliphatic imine (C=N–C) groups is 1. The van der Waals surface area contributed by atoms with Gasteiger partial charge in [-0.1, -0.05) is 141 Å². The molecule has 12 nitrogen and oxygen atoms in total. The maximum absolute atomic E-state index is 11.8. The third-order valence-corrected chi connectivity index (χ3v) is 9.81. The summed E-state index contributed by atoms with van der Waals surface area (Å²) in [5, 5.41) is 51.2. The summed E-state index contributed by atoms with van der Waals surface area (Å²) in [6, 6.07) is -2.41. The molecule has 0 aliphatic heterocycles. The van der Waals surface area contributed by atoms with Gasteiger partial charge in [0.05, 0.1) is 0 Å². The van der Waals surface area contributed by atoms with Crippen LogP contribution in [0.2, 0.25) is 0 Å². The molecule has 0 saturated carbocycles. The number of aliphatic carboxylic acids is 4. The van der Waals surface area contributed by atoms with Gasteiger partial charge in [0.15, 0.2) is 0 Å². The summed E-state index contributed by atoms with van der Waals surface area (Å²) in [5.74, 6) is -5.65. The zero-order chi connectivity index (χ0) is 43.5. The fourth-order valence-electron chi connectivity index (χ4n) is 6.23. The molecule has 0 spiro atoms. The summed E-state index contributed by atoms with van der Waals surface area (Å²) in [4.78, 5) is 58.4. The Kier molecular flexibility index (Phi) is 47.2. The Labute approximate surface area is 372 Å². The Morgan fingerprint density at radius 3 is 1.27 bits per heavy atom. The number of hydrogen-bond acceptors (Lipinski definition) is 8. The van der Waals surface area contributed by atoms with Gasteiger partial charge in [-0.05, 0) is 95.8 Å². The van der Waals surface area contributed by atoms with Crippen LogP contribution in [0.4, 0.5) is 0 Å². The van der Waals surface area contributed by atoms with Crippen LogP contribution < -0.4 is 15.5 Å². The summed E-state index contributed by atoms with van der Waals surface area (Å²) in [5.41, 5.74) is 0. The number of amides is 1. The first kappa shape index (κ1) is 60.4. The quantitative estimate of drug-likeness (QED) is 0.0151. The van der Waals surface area contributed by atoms with Gasteiger partial charge in [0.25, 0.3) is 0 Å². The minimum absolute atomic E-state index is 0. The largest absolute Gasteiger partial charge is 2.00 e. The number of carbonyl (C=O) groups excluding carboxylic acids is 2. The SMILES string of the molecule is CCCCCCCCC=CCCCCCCCC(=O)NC(CCC(=O)O)C(=O)O.CCCCCCCCC=CCCCCCCCC([O-])=NC(CCC(=O)[O-])C(=O)O.[Mg+2]. The number of nitrogens with zero attached hydrogens (tertiary/aromatic N) is 1. The summed E-state index contributed by atoms with van der Waals surface area (Å²) in [6.45, 7) is 4.48. The maximum Gasteiger partial charge on any atom is 2.00 e. The Bertz CT molecular complexity index is 1140. The number of nitrogens with one attached hydrogen (secondary N) is 1. The monoisotopic (exact) mass is 845 g/mol. The van der Waals surface area contributed by atoms with Crippen molar-refractivity contribution < 1.29 is 49.5 Å². The molecule has 0 bridgehead atoms. The molecule has 0 aromatic heterocycles. The molecule has 0 radical (unpaired) electrons. The van der Waals surface area contributed by atoms with Crippen LogP contribution in [0.15, 0.2) is 29.3 Å². The summed E-state index contributed by atoms with van der Waals surface area (Å²) in [7, 11) is 0. The second kappa shape index (κ2) is 46.1. The smallest absolute Gasteiger partial charge is 0.862 e. The Morgan fingerprint density at radius 2 is 0.898 bits per heavy atom. The molecule has 0 aromatic carbocycles. The van der Waals surface area contributed by atoms with Crippen molar-refractivity contribution in [2.45, 2.75) is 231 Å². The van der Waals surface area contributed by atoms with Gasteiger partial charge in [-0.15, -0.1) is 0 Å². The first-order valence-electron chi connectivity index (χ1n) is 22.6. The Balaban J connectivity index is -0.00000105. The van der Waals surface area contributed by atoms with Gasteiger partial charge in [0.2, 0.25) is 5.91 Å². The Morgan fingerprint density at radius 1 is 0.508 bits per heavy atom. The van der Waals surface area contributed by atoms with Crippen LogP contribution in [0.25, 0.3) is 0 Å². The molecule has 0 saturated heterocycles. The predicted molar refractivity (Wildman–Crippen MR) is 234 cm³/mol. The van der Waals surface area contributed by atoms with Crippen LogP contribution in [0, 0.1) is 0 Å².